The van der Waals surface area contributed by atoms with Gasteiger partial charge in [-0.2, -0.15) is 0 Å². The summed E-state index contributed by atoms with van der Waals surface area (Å²) in [6.45, 7) is 1.85. The predicted molar refractivity (Wildman–Crippen MR) is 63.8 cm³/mol. The summed E-state index contributed by atoms with van der Waals surface area (Å²) in [7, 11) is 0. The first-order valence-electron chi connectivity index (χ1n) is 4.97. The van der Waals surface area contributed by atoms with E-state index >= 15 is 0 Å². The fourth-order valence-corrected chi connectivity index (χ4v) is 3.00. The Labute approximate surface area is 103 Å². The van der Waals surface area contributed by atoms with Gasteiger partial charge in [0.25, 0.3) is 0 Å². The number of halogens is 1. The number of hydrogen-bond acceptors (Lipinski definition) is 4. The van der Waals surface area contributed by atoms with E-state index in [1.165, 1.54) is 0 Å². The van der Waals surface area contributed by atoms with Gasteiger partial charge in [-0.1, -0.05) is 11.6 Å². The highest BCUT2D eigenvalue weighted by atomic mass is 35.5. The minimum atomic E-state index is -1.08. The quantitative estimate of drug-likeness (QED) is 0.862. The van der Waals surface area contributed by atoms with Crippen molar-refractivity contribution in [3.8, 4) is 0 Å². The molecule has 0 aliphatic carbocycles. The molecule has 1 aromatic rings. The molecule has 1 aliphatic rings. The second-order valence-corrected chi connectivity index (χ2v) is 5.59. The van der Waals surface area contributed by atoms with Crippen LogP contribution in [-0.4, -0.2) is 34.6 Å². The average Bonchev–Trinajstić information content (AvgIpc) is 2.75. The smallest absolute Gasteiger partial charge is 0.325 e. The number of nitrogens with two attached hydrogens (primary N) is 1. The van der Waals surface area contributed by atoms with Gasteiger partial charge < -0.3 is 10.8 Å². The first-order valence-corrected chi connectivity index (χ1v) is 6.23. The highest BCUT2D eigenvalue weighted by Crippen LogP contribution is 2.25. The molecule has 2 rings (SSSR count). The Morgan fingerprint density at radius 3 is 3.00 bits per heavy atom. The molecule has 0 saturated carbocycles. The number of aliphatic carboxylic acids is 1. The third kappa shape index (κ3) is 2.38. The lowest BCUT2D eigenvalue weighted by Crippen LogP contribution is -2.49. The van der Waals surface area contributed by atoms with Crippen LogP contribution in [0, 0.1) is 0 Å². The molecule has 0 spiro atoms. The van der Waals surface area contributed by atoms with Crippen LogP contribution in [0.25, 0.3) is 0 Å². The predicted octanol–water partition coefficient (Wildman–Crippen LogP) is 1.39. The van der Waals surface area contributed by atoms with E-state index in [4.69, 9.17) is 22.4 Å². The molecule has 2 heterocycles. The fraction of sp³-hybridized carbons (Fsp3) is 0.500. The lowest BCUT2D eigenvalue weighted by molar-refractivity contribution is -0.142. The van der Waals surface area contributed by atoms with Crippen molar-refractivity contribution in [1.82, 2.24) is 4.90 Å². The molecule has 4 nitrogen and oxygen atoms in total. The van der Waals surface area contributed by atoms with Gasteiger partial charge in [0.15, 0.2) is 0 Å². The lowest BCUT2D eigenvalue weighted by atomic mass is 10.0. The van der Waals surface area contributed by atoms with Crippen molar-refractivity contribution in [3.05, 3.63) is 21.3 Å². The zero-order valence-corrected chi connectivity index (χ0v) is 10.2. The number of nitrogens with zero attached hydrogens (tertiary/aromatic N) is 1. The van der Waals surface area contributed by atoms with Crippen LogP contribution in [0.1, 0.15) is 11.3 Å². The Balaban J connectivity index is 1.97. The molecule has 16 heavy (non-hydrogen) atoms. The molecule has 6 heteroatoms. The van der Waals surface area contributed by atoms with Crippen molar-refractivity contribution < 1.29 is 9.90 Å². The van der Waals surface area contributed by atoms with Gasteiger partial charge in [0.2, 0.25) is 0 Å². The van der Waals surface area contributed by atoms with Crippen LogP contribution in [0.3, 0.4) is 0 Å². The third-order valence-corrected chi connectivity index (χ3v) is 4.08. The monoisotopic (exact) mass is 260 g/mol. The lowest BCUT2D eigenvalue weighted by Gasteiger charge is -2.19. The van der Waals surface area contributed by atoms with Crippen LogP contribution in [0.15, 0.2) is 11.4 Å². The number of thiophene rings is 1. The summed E-state index contributed by atoms with van der Waals surface area (Å²) < 4.78 is 0. The Morgan fingerprint density at radius 1 is 1.75 bits per heavy atom. The molecule has 0 bridgehead atoms. The molecular formula is C10H13ClN2O2S. The standard InChI is InChI=1S/C10H13ClN2O2S/c11-7-3-8(16-5-7)4-13-2-1-10(12,6-13)9(14)15/h3,5H,1-2,4,6,12H2,(H,14,15). The summed E-state index contributed by atoms with van der Waals surface area (Å²) in [4.78, 5) is 14.1. The molecule has 0 amide bonds. The number of carbonyl (C=O) groups is 1. The van der Waals surface area contributed by atoms with Gasteiger partial charge >= 0.3 is 5.97 Å². The molecular weight excluding hydrogens is 248 g/mol. The van der Waals surface area contributed by atoms with E-state index in [0.717, 1.165) is 23.0 Å². The number of likely N-dealkylation sites (tertiary alicyclic amines) is 1. The van der Waals surface area contributed by atoms with E-state index in [1.54, 1.807) is 11.3 Å². The zero-order valence-electron chi connectivity index (χ0n) is 8.65. The summed E-state index contributed by atoms with van der Waals surface area (Å²) in [6.07, 6.45) is 0.501. The van der Waals surface area contributed by atoms with Gasteiger partial charge in [-0.25, -0.2) is 0 Å². The number of hydrogen-bond donors (Lipinski definition) is 2. The van der Waals surface area contributed by atoms with Crippen LogP contribution in [0.2, 0.25) is 5.02 Å². The van der Waals surface area contributed by atoms with Gasteiger partial charge in [0, 0.05) is 29.9 Å². The second-order valence-electron chi connectivity index (χ2n) is 4.15. The molecule has 1 saturated heterocycles. The summed E-state index contributed by atoms with van der Waals surface area (Å²) in [5.74, 6) is -0.917. The van der Waals surface area contributed by atoms with Crippen LogP contribution in [0.5, 0.6) is 0 Å². The van der Waals surface area contributed by atoms with Crippen LogP contribution in [0.4, 0.5) is 0 Å². The SMILES string of the molecule is NC1(C(=O)O)CCN(Cc2cc(Cl)cs2)C1. The third-order valence-electron chi connectivity index (χ3n) is 2.81. The topological polar surface area (TPSA) is 66.6 Å². The summed E-state index contributed by atoms with van der Waals surface area (Å²) in [5.41, 5.74) is 4.70. The van der Waals surface area contributed by atoms with Crippen LogP contribution >= 0.6 is 22.9 Å². The van der Waals surface area contributed by atoms with Gasteiger partial charge in [-0.15, -0.1) is 11.3 Å². The molecule has 1 fully saturated rings. The molecule has 88 valence electrons. The minimum Gasteiger partial charge on any atom is -0.480 e. The zero-order chi connectivity index (χ0) is 11.8. The van der Waals surface area contributed by atoms with E-state index in [-0.39, 0.29) is 0 Å². The molecule has 0 radical (unpaired) electrons. The molecule has 1 aromatic heterocycles. The normalized spacial score (nSPS) is 26.1. The molecule has 3 N–H and O–H groups in total. The number of carboxylic acid groups (broad SMARTS) is 1. The van der Waals surface area contributed by atoms with E-state index in [1.807, 2.05) is 11.4 Å². The summed E-state index contributed by atoms with van der Waals surface area (Å²) in [5, 5.41) is 11.6. The highest BCUT2D eigenvalue weighted by molar-refractivity contribution is 7.10. The van der Waals surface area contributed by atoms with Gasteiger partial charge in [0.05, 0.1) is 5.02 Å². The number of rotatable bonds is 3. The fourth-order valence-electron chi connectivity index (χ4n) is 1.88. The van der Waals surface area contributed by atoms with E-state index in [9.17, 15) is 4.79 Å². The van der Waals surface area contributed by atoms with E-state index in [0.29, 0.717) is 13.0 Å². The van der Waals surface area contributed by atoms with Crippen molar-refractivity contribution in [2.24, 2.45) is 5.73 Å². The highest BCUT2D eigenvalue weighted by Gasteiger charge is 2.41. The molecule has 0 aromatic carbocycles. The van der Waals surface area contributed by atoms with Gasteiger partial charge in [-0.05, 0) is 12.5 Å². The first-order chi connectivity index (χ1) is 7.49. The van der Waals surface area contributed by atoms with Gasteiger partial charge in [0.1, 0.15) is 5.54 Å². The molecule has 1 unspecified atom stereocenters. The first kappa shape index (κ1) is 11.9. The van der Waals surface area contributed by atoms with Crippen molar-refractivity contribution >= 4 is 28.9 Å². The minimum absolute atomic E-state index is 0.401. The van der Waals surface area contributed by atoms with Gasteiger partial charge in [-0.3, -0.25) is 9.69 Å². The Hall–Kier alpha value is -0.620. The summed E-state index contributed by atoms with van der Waals surface area (Å²) in [6, 6.07) is 1.91. The summed E-state index contributed by atoms with van der Waals surface area (Å²) >= 11 is 7.41. The van der Waals surface area contributed by atoms with Crippen molar-refractivity contribution in [3.63, 3.8) is 0 Å². The van der Waals surface area contributed by atoms with Crippen LogP contribution in [-0.2, 0) is 11.3 Å². The van der Waals surface area contributed by atoms with Crippen molar-refractivity contribution in [1.29, 1.82) is 0 Å². The van der Waals surface area contributed by atoms with Crippen molar-refractivity contribution in [2.75, 3.05) is 13.1 Å². The average molecular weight is 261 g/mol. The molecule has 1 aliphatic heterocycles. The van der Waals surface area contributed by atoms with E-state index < -0.39 is 11.5 Å². The van der Waals surface area contributed by atoms with Crippen LogP contribution < -0.4 is 5.73 Å². The second kappa shape index (κ2) is 4.33. The maximum Gasteiger partial charge on any atom is 0.325 e. The van der Waals surface area contributed by atoms with Crippen molar-refractivity contribution in [2.45, 2.75) is 18.5 Å². The maximum atomic E-state index is 11.0. The Kier molecular flexibility index (Phi) is 3.21. The Bertz CT molecular complexity index is 409. The van der Waals surface area contributed by atoms with E-state index in [2.05, 4.69) is 4.90 Å². The maximum absolute atomic E-state index is 11.0. The largest absolute Gasteiger partial charge is 0.480 e. The number of carboxylic acids is 1. The Morgan fingerprint density at radius 2 is 2.50 bits per heavy atom. The molecule has 1 atom stereocenters.